The standard InChI is InChI=1S/C25H24ClF3N2O3S/c1-15-11-16(2)23(17(3)12-15)35(33,34)31-22(13-18-7-5-4-6-8-18)24(32)30-21-10-9-19(26)14-20(21)25(27,28)29/h4-12,14,22,31H,13H2,1-3H3,(H,30,32)/t22-/m1/s1. The molecule has 3 aromatic carbocycles. The fourth-order valence-electron chi connectivity index (χ4n) is 3.95. The molecule has 186 valence electrons. The van der Waals surface area contributed by atoms with Crippen molar-refractivity contribution in [3.05, 3.63) is 93.5 Å². The minimum absolute atomic E-state index is 0.0245. The highest BCUT2D eigenvalue weighted by molar-refractivity contribution is 7.89. The van der Waals surface area contributed by atoms with Crippen molar-refractivity contribution in [2.45, 2.75) is 44.3 Å². The van der Waals surface area contributed by atoms with Crippen molar-refractivity contribution in [2.75, 3.05) is 5.32 Å². The first-order chi connectivity index (χ1) is 16.3. The van der Waals surface area contributed by atoms with Gasteiger partial charge in [-0.1, -0.05) is 59.6 Å². The smallest absolute Gasteiger partial charge is 0.324 e. The second-order valence-corrected chi connectivity index (χ2v) is 10.4. The van der Waals surface area contributed by atoms with E-state index < -0.39 is 39.4 Å². The summed E-state index contributed by atoms with van der Waals surface area (Å²) >= 11 is 5.72. The Bertz CT molecular complexity index is 1320. The molecule has 0 spiro atoms. The van der Waals surface area contributed by atoms with E-state index in [0.717, 1.165) is 11.6 Å². The van der Waals surface area contributed by atoms with Crippen molar-refractivity contribution in [3.63, 3.8) is 0 Å². The average molecular weight is 525 g/mol. The number of hydrogen-bond donors (Lipinski definition) is 2. The zero-order valence-electron chi connectivity index (χ0n) is 19.2. The molecule has 0 aliphatic heterocycles. The van der Waals surface area contributed by atoms with Gasteiger partial charge in [-0.15, -0.1) is 0 Å². The monoisotopic (exact) mass is 524 g/mol. The Morgan fingerprint density at radius 3 is 2.14 bits per heavy atom. The van der Waals surface area contributed by atoms with Gasteiger partial charge >= 0.3 is 6.18 Å². The molecule has 3 rings (SSSR count). The zero-order valence-corrected chi connectivity index (χ0v) is 20.8. The van der Waals surface area contributed by atoms with E-state index in [1.807, 2.05) is 6.92 Å². The number of hydrogen-bond acceptors (Lipinski definition) is 3. The molecule has 0 aliphatic carbocycles. The zero-order chi connectivity index (χ0) is 26.0. The minimum atomic E-state index is -4.78. The number of nitrogens with one attached hydrogen (secondary N) is 2. The number of rotatable bonds is 7. The van der Waals surface area contributed by atoms with E-state index in [0.29, 0.717) is 22.8 Å². The summed E-state index contributed by atoms with van der Waals surface area (Å²) in [5.74, 6) is -0.937. The lowest BCUT2D eigenvalue weighted by Crippen LogP contribution is -2.45. The topological polar surface area (TPSA) is 75.3 Å². The van der Waals surface area contributed by atoms with Crippen molar-refractivity contribution in [2.24, 2.45) is 0 Å². The van der Waals surface area contributed by atoms with Gasteiger partial charge in [-0.3, -0.25) is 4.79 Å². The van der Waals surface area contributed by atoms with E-state index in [2.05, 4.69) is 10.0 Å². The number of amides is 1. The maximum absolute atomic E-state index is 13.5. The lowest BCUT2D eigenvalue weighted by atomic mass is 10.1. The van der Waals surface area contributed by atoms with Gasteiger partial charge in [-0.05, 0) is 62.1 Å². The maximum Gasteiger partial charge on any atom is 0.418 e. The normalized spacial score (nSPS) is 12.9. The number of sulfonamides is 1. The predicted octanol–water partition coefficient (Wildman–Crippen LogP) is 5.81. The van der Waals surface area contributed by atoms with E-state index >= 15 is 0 Å². The number of halogens is 4. The van der Waals surface area contributed by atoms with Gasteiger partial charge in [0.15, 0.2) is 0 Å². The van der Waals surface area contributed by atoms with Crippen LogP contribution in [0, 0.1) is 20.8 Å². The molecule has 3 aromatic rings. The number of alkyl halides is 3. The summed E-state index contributed by atoms with van der Waals surface area (Å²) in [6, 6.07) is 13.5. The molecule has 2 N–H and O–H groups in total. The van der Waals surface area contributed by atoms with Gasteiger partial charge in [-0.25, -0.2) is 8.42 Å². The van der Waals surface area contributed by atoms with Crippen LogP contribution in [0.1, 0.15) is 27.8 Å². The molecule has 0 bridgehead atoms. The highest BCUT2D eigenvalue weighted by atomic mass is 35.5. The van der Waals surface area contributed by atoms with Gasteiger partial charge in [0.1, 0.15) is 6.04 Å². The third-order valence-corrected chi connectivity index (χ3v) is 7.33. The minimum Gasteiger partial charge on any atom is -0.324 e. The number of benzene rings is 3. The Kier molecular flexibility index (Phi) is 7.93. The largest absolute Gasteiger partial charge is 0.418 e. The van der Waals surface area contributed by atoms with E-state index in [4.69, 9.17) is 11.6 Å². The van der Waals surface area contributed by atoms with Crippen LogP contribution in [0.5, 0.6) is 0 Å². The third kappa shape index (κ3) is 6.62. The van der Waals surface area contributed by atoms with Crippen LogP contribution in [0.3, 0.4) is 0 Å². The molecule has 5 nitrogen and oxygen atoms in total. The molecule has 0 saturated heterocycles. The molecule has 0 radical (unpaired) electrons. The van der Waals surface area contributed by atoms with Crippen LogP contribution in [-0.4, -0.2) is 20.4 Å². The molecule has 0 heterocycles. The summed E-state index contributed by atoms with van der Waals surface area (Å²) < 4.78 is 69.6. The molecule has 0 saturated carbocycles. The first kappa shape index (κ1) is 26.7. The molecule has 0 aromatic heterocycles. The van der Waals surface area contributed by atoms with Crippen LogP contribution >= 0.6 is 11.6 Å². The second-order valence-electron chi connectivity index (χ2n) is 8.27. The van der Waals surface area contributed by atoms with Crippen LogP contribution in [0.4, 0.5) is 18.9 Å². The number of anilines is 1. The Labute approximate surface area is 207 Å². The summed E-state index contributed by atoms with van der Waals surface area (Å²) in [7, 11) is -4.19. The van der Waals surface area contributed by atoms with Crippen molar-refractivity contribution in [1.82, 2.24) is 4.72 Å². The lowest BCUT2D eigenvalue weighted by Gasteiger charge is -2.22. The predicted molar refractivity (Wildman–Crippen MR) is 130 cm³/mol. The van der Waals surface area contributed by atoms with Gasteiger partial charge in [0, 0.05) is 5.02 Å². The van der Waals surface area contributed by atoms with E-state index in [1.54, 1.807) is 56.3 Å². The van der Waals surface area contributed by atoms with Crippen LogP contribution < -0.4 is 10.0 Å². The molecular weight excluding hydrogens is 501 g/mol. The number of aryl methyl sites for hydroxylation is 3. The molecule has 0 unspecified atom stereocenters. The summed E-state index contributed by atoms with van der Waals surface area (Å²) in [6.07, 6.45) is -4.86. The van der Waals surface area contributed by atoms with Gasteiger partial charge in [0.25, 0.3) is 0 Å². The van der Waals surface area contributed by atoms with Crippen molar-refractivity contribution < 1.29 is 26.4 Å². The van der Waals surface area contributed by atoms with E-state index in [1.165, 1.54) is 6.07 Å². The van der Waals surface area contributed by atoms with Crippen molar-refractivity contribution >= 4 is 33.2 Å². The lowest BCUT2D eigenvalue weighted by molar-refractivity contribution is -0.137. The number of carbonyl (C=O) groups excluding carboxylic acids is 1. The van der Waals surface area contributed by atoms with Gasteiger partial charge in [0.05, 0.1) is 16.1 Å². The highest BCUT2D eigenvalue weighted by Crippen LogP contribution is 2.36. The quantitative estimate of drug-likeness (QED) is 0.409. The van der Waals surface area contributed by atoms with E-state index in [9.17, 15) is 26.4 Å². The summed E-state index contributed by atoms with van der Waals surface area (Å²) in [4.78, 5) is 13.2. The van der Waals surface area contributed by atoms with Crippen LogP contribution in [0.25, 0.3) is 0 Å². The molecule has 0 fully saturated rings. The van der Waals surface area contributed by atoms with E-state index in [-0.39, 0.29) is 16.3 Å². The Balaban J connectivity index is 1.99. The van der Waals surface area contributed by atoms with Crippen LogP contribution in [-0.2, 0) is 27.4 Å². The van der Waals surface area contributed by atoms with Crippen molar-refractivity contribution in [3.8, 4) is 0 Å². The van der Waals surface area contributed by atoms with Crippen LogP contribution in [0.2, 0.25) is 5.02 Å². The fourth-order valence-corrected chi connectivity index (χ4v) is 5.77. The molecule has 10 heteroatoms. The molecular formula is C25H24ClF3N2O3S. The summed E-state index contributed by atoms with van der Waals surface area (Å²) in [5.41, 5.74) is 0.827. The summed E-state index contributed by atoms with van der Waals surface area (Å²) in [6.45, 7) is 5.12. The van der Waals surface area contributed by atoms with Crippen molar-refractivity contribution in [1.29, 1.82) is 0 Å². The molecule has 0 aliphatic rings. The number of carbonyl (C=O) groups is 1. The average Bonchev–Trinajstić information content (AvgIpc) is 2.73. The fraction of sp³-hybridized carbons (Fsp3) is 0.240. The van der Waals surface area contributed by atoms with Gasteiger partial charge in [0.2, 0.25) is 15.9 Å². The highest BCUT2D eigenvalue weighted by Gasteiger charge is 2.35. The Morgan fingerprint density at radius 2 is 1.57 bits per heavy atom. The maximum atomic E-state index is 13.5. The Morgan fingerprint density at radius 1 is 0.971 bits per heavy atom. The van der Waals surface area contributed by atoms with Gasteiger partial charge in [-0.2, -0.15) is 17.9 Å². The first-order valence-electron chi connectivity index (χ1n) is 10.6. The first-order valence-corrected chi connectivity index (χ1v) is 12.5. The third-order valence-electron chi connectivity index (χ3n) is 5.31. The second kappa shape index (κ2) is 10.4. The summed E-state index contributed by atoms with van der Waals surface area (Å²) in [5, 5.41) is 2.08. The SMILES string of the molecule is Cc1cc(C)c(S(=O)(=O)N[C@H](Cc2ccccc2)C(=O)Nc2ccc(Cl)cc2C(F)(F)F)c(C)c1. The molecule has 1 amide bonds. The molecule has 1 atom stereocenters. The van der Waals surface area contributed by atoms with Crippen LogP contribution in [0.15, 0.2) is 65.6 Å². The Hall–Kier alpha value is -2.88. The molecule has 35 heavy (non-hydrogen) atoms. The van der Waals surface area contributed by atoms with Gasteiger partial charge < -0.3 is 5.32 Å².